The lowest BCUT2D eigenvalue weighted by Crippen LogP contribution is -2.10. The van der Waals surface area contributed by atoms with E-state index in [1.165, 1.54) is 5.57 Å². The van der Waals surface area contributed by atoms with Gasteiger partial charge in [0, 0.05) is 33.0 Å². The first kappa shape index (κ1) is 14.7. The Morgan fingerprint density at radius 2 is 2.14 bits per heavy atom. The summed E-state index contributed by atoms with van der Waals surface area (Å²) in [6.45, 7) is 5.46. The molecule has 0 aromatic heterocycles. The van der Waals surface area contributed by atoms with Crippen molar-refractivity contribution < 1.29 is 14.6 Å². The standard InChI is InChI=1S/C18H15ClO3/c1-3-16(20)22-18-13-7-5-11(19)9-14(13)17(21)12-6-4-10(2)8-15(12)18/h3-5,7,9,21H,1,6,8H2,2H3. The van der Waals surface area contributed by atoms with E-state index in [4.69, 9.17) is 16.3 Å². The summed E-state index contributed by atoms with van der Waals surface area (Å²) in [7, 11) is 0. The highest BCUT2D eigenvalue weighted by Gasteiger charge is 2.23. The van der Waals surface area contributed by atoms with E-state index in [1.54, 1.807) is 18.2 Å². The van der Waals surface area contributed by atoms with Crippen molar-refractivity contribution in [1.82, 2.24) is 0 Å². The molecule has 0 spiro atoms. The molecule has 0 aliphatic heterocycles. The maximum Gasteiger partial charge on any atom is 0.335 e. The van der Waals surface area contributed by atoms with Crippen molar-refractivity contribution >= 4 is 28.3 Å². The second-order valence-electron chi connectivity index (χ2n) is 5.38. The van der Waals surface area contributed by atoms with Crippen LogP contribution in [0.1, 0.15) is 18.1 Å². The molecule has 4 heteroatoms. The predicted molar refractivity (Wildman–Crippen MR) is 87.6 cm³/mol. The Bertz CT molecular complexity index is 834. The summed E-state index contributed by atoms with van der Waals surface area (Å²) in [5, 5.41) is 12.4. The summed E-state index contributed by atoms with van der Waals surface area (Å²) in [4.78, 5) is 11.7. The Kier molecular flexibility index (Phi) is 3.67. The Hall–Kier alpha value is -2.26. The Morgan fingerprint density at radius 3 is 2.86 bits per heavy atom. The zero-order valence-corrected chi connectivity index (χ0v) is 12.9. The van der Waals surface area contributed by atoms with E-state index in [1.807, 2.05) is 6.92 Å². The second-order valence-corrected chi connectivity index (χ2v) is 5.82. The minimum Gasteiger partial charge on any atom is -0.507 e. The zero-order valence-electron chi connectivity index (χ0n) is 12.1. The van der Waals surface area contributed by atoms with Gasteiger partial charge in [0.1, 0.15) is 11.5 Å². The lowest BCUT2D eigenvalue weighted by atomic mass is 9.88. The van der Waals surface area contributed by atoms with Crippen LogP contribution in [0.3, 0.4) is 0 Å². The number of phenols is 1. The molecule has 3 nitrogen and oxygen atoms in total. The first-order valence-electron chi connectivity index (χ1n) is 6.97. The molecule has 1 aliphatic carbocycles. The summed E-state index contributed by atoms with van der Waals surface area (Å²) >= 11 is 6.04. The average molecular weight is 315 g/mol. The number of aromatic hydroxyl groups is 1. The van der Waals surface area contributed by atoms with Gasteiger partial charge in [0.2, 0.25) is 0 Å². The fourth-order valence-corrected chi connectivity index (χ4v) is 2.98. The molecule has 0 radical (unpaired) electrons. The van der Waals surface area contributed by atoms with Crippen molar-refractivity contribution in [3.63, 3.8) is 0 Å². The van der Waals surface area contributed by atoms with Crippen molar-refractivity contribution in [2.45, 2.75) is 19.8 Å². The Labute approximate surface area is 133 Å². The number of hydrogen-bond acceptors (Lipinski definition) is 3. The predicted octanol–water partition coefficient (Wildman–Crippen LogP) is 4.34. The number of phenolic OH excluding ortho intramolecular Hbond substituents is 1. The molecule has 0 bridgehead atoms. The van der Waals surface area contributed by atoms with Crippen LogP contribution in [0.4, 0.5) is 0 Å². The van der Waals surface area contributed by atoms with E-state index in [0.717, 1.165) is 17.2 Å². The van der Waals surface area contributed by atoms with Gasteiger partial charge in [-0.3, -0.25) is 0 Å². The number of carbonyl (C=O) groups is 1. The van der Waals surface area contributed by atoms with E-state index in [9.17, 15) is 9.90 Å². The van der Waals surface area contributed by atoms with Crippen molar-refractivity contribution in [1.29, 1.82) is 0 Å². The third kappa shape index (κ3) is 2.38. The van der Waals surface area contributed by atoms with Gasteiger partial charge in [0.25, 0.3) is 0 Å². The quantitative estimate of drug-likeness (QED) is 0.388. The van der Waals surface area contributed by atoms with Crippen LogP contribution in [0.2, 0.25) is 5.02 Å². The second kappa shape index (κ2) is 5.50. The summed E-state index contributed by atoms with van der Waals surface area (Å²) in [6, 6.07) is 5.16. The molecule has 0 fully saturated rings. The van der Waals surface area contributed by atoms with Gasteiger partial charge in [-0.2, -0.15) is 0 Å². The molecule has 0 amide bonds. The molecule has 0 unspecified atom stereocenters. The Morgan fingerprint density at radius 1 is 1.36 bits per heavy atom. The smallest absolute Gasteiger partial charge is 0.335 e. The molecule has 2 aromatic rings. The normalized spacial score (nSPS) is 13.5. The number of allylic oxidation sites excluding steroid dienone is 2. The molecular weight excluding hydrogens is 300 g/mol. The summed E-state index contributed by atoms with van der Waals surface area (Å²) in [5.41, 5.74) is 2.81. The van der Waals surface area contributed by atoms with Crippen LogP contribution >= 0.6 is 11.6 Å². The molecule has 0 heterocycles. The third-order valence-corrected chi connectivity index (χ3v) is 4.12. The molecule has 0 atom stereocenters. The molecule has 22 heavy (non-hydrogen) atoms. The average Bonchev–Trinajstić information content (AvgIpc) is 2.51. The fraction of sp³-hybridized carbons (Fsp3) is 0.167. The van der Waals surface area contributed by atoms with E-state index in [-0.39, 0.29) is 5.75 Å². The van der Waals surface area contributed by atoms with Gasteiger partial charge in [0.15, 0.2) is 0 Å². The lowest BCUT2D eigenvalue weighted by Gasteiger charge is -2.22. The first-order chi connectivity index (χ1) is 10.5. The first-order valence-corrected chi connectivity index (χ1v) is 7.35. The topological polar surface area (TPSA) is 46.5 Å². The maximum absolute atomic E-state index is 11.7. The number of hydrogen-bond donors (Lipinski definition) is 1. The SMILES string of the molecule is C=CC(=O)Oc1c2c(c(O)c3cc(Cl)ccc13)CC=C(C)C2. The summed E-state index contributed by atoms with van der Waals surface area (Å²) in [5.74, 6) is 0.169. The summed E-state index contributed by atoms with van der Waals surface area (Å²) < 4.78 is 5.48. The van der Waals surface area contributed by atoms with E-state index in [2.05, 4.69) is 12.7 Å². The van der Waals surface area contributed by atoms with Crippen LogP contribution in [0.15, 0.2) is 42.5 Å². The minimum absolute atomic E-state index is 0.203. The van der Waals surface area contributed by atoms with E-state index < -0.39 is 5.97 Å². The van der Waals surface area contributed by atoms with Crippen LogP contribution in [-0.4, -0.2) is 11.1 Å². The number of fused-ring (bicyclic) bond motifs is 2. The Balaban J connectivity index is 2.34. The largest absolute Gasteiger partial charge is 0.507 e. The maximum atomic E-state index is 11.7. The van der Waals surface area contributed by atoms with Crippen LogP contribution in [0.5, 0.6) is 11.5 Å². The van der Waals surface area contributed by atoms with Gasteiger partial charge in [-0.15, -0.1) is 0 Å². The van der Waals surface area contributed by atoms with Crippen LogP contribution in [0, 0.1) is 0 Å². The molecule has 1 aliphatic rings. The van der Waals surface area contributed by atoms with Crippen LogP contribution in [-0.2, 0) is 17.6 Å². The van der Waals surface area contributed by atoms with Gasteiger partial charge in [-0.1, -0.05) is 29.8 Å². The van der Waals surface area contributed by atoms with Gasteiger partial charge >= 0.3 is 5.97 Å². The van der Waals surface area contributed by atoms with Crippen LogP contribution < -0.4 is 4.74 Å². The van der Waals surface area contributed by atoms with Crippen molar-refractivity contribution in [3.05, 3.63) is 58.7 Å². The van der Waals surface area contributed by atoms with Gasteiger partial charge in [0.05, 0.1) is 0 Å². The van der Waals surface area contributed by atoms with Gasteiger partial charge in [-0.05, 0) is 38.0 Å². The zero-order chi connectivity index (χ0) is 15.9. The van der Waals surface area contributed by atoms with Crippen LogP contribution in [0.25, 0.3) is 10.8 Å². The highest BCUT2D eigenvalue weighted by Crippen LogP contribution is 2.44. The molecule has 0 saturated carbocycles. The molecule has 3 rings (SSSR count). The minimum atomic E-state index is -0.517. The van der Waals surface area contributed by atoms with Gasteiger partial charge in [-0.25, -0.2) is 4.79 Å². The highest BCUT2D eigenvalue weighted by molar-refractivity contribution is 6.31. The molecule has 2 aromatic carbocycles. The van der Waals surface area contributed by atoms with Crippen molar-refractivity contribution in [3.8, 4) is 11.5 Å². The molecule has 112 valence electrons. The summed E-state index contributed by atoms with van der Waals surface area (Å²) in [6.07, 6.45) is 4.44. The lowest BCUT2D eigenvalue weighted by molar-refractivity contribution is -0.128. The number of carbonyl (C=O) groups excluding carboxylic acids is 1. The number of esters is 1. The third-order valence-electron chi connectivity index (χ3n) is 3.89. The number of ether oxygens (including phenoxy) is 1. The number of halogens is 1. The van der Waals surface area contributed by atoms with Gasteiger partial charge < -0.3 is 9.84 Å². The van der Waals surface area contributed by atoms with E-state index in [0.29, 0.717) is 34.4 Å². The monoisotopic (exact) mass is 314 g/mol. The number of rotatable bonds is 2. The fourth-order valence-electron chi connectivity index (χ4n) is 2.81. The van der Waals surface area contributed by atoms with E-state index >= 15 is 0 Å². The number of benzene rings is 2. The molecule has 0 saturated heterocycles. The van der Waals surface area contributed by atoms with Crippen molar-refractivity contribution in [2.24, 2.45) is 0 Å². The van der Waals surface area contributed by atoms with Crippen molar-refractivity contribution in [2.75, 3.05) is 0 Å². The molecule has 1 N–H and O–H groups in total. The highest BCUT2D eigenvalue weighted by atomic mass is 35.5. The molecular formula is C18H15ClO3.